The summed E-state index contributed by atoms with van der Waals surface area (Å²) in [7, 11) is 1.38. The van der Waals surface area contributed by atoms with Crippen molar-refractivity contribution in [3.8, 4) is 0 Å². The Kier molecular flexibility index (Phi) is 6.04. The van der Waals surface area contributed by atoms with E-state index in [-0.39, 0.29) is 22.0 Å². The number of carbonyl (C=O) groups is 3. The fraction of sp³-hybridized carbons (Fsp3) is 0.235. The number of halogens is 2. The maximum atomic E-state index is 13.8. The summed E-state index contributed by atoms with van der Waals surface area (Å²) in [5.74, 6) is -4.36. The van der Waals surface area contributed by atoms with Gasteiger partial charge in [-0.05, 0) is 31.5 Å². The molecule has 6 nitrogen and oxygen atoms in total. The van der Waals surface area contributed by atoms with Crippen LogP contribution in [0.25, 0.3) is 0 Å². The molecular weight excluding hydrogens is 366 g/mol. The number of benzene rings is 1. The largest absolute Gasteiger partial charge is 0.462 e. The average Bonchev–Trinajstić information content (AvgIpc) is 2.90. The summed E-state index contributed by atoms with van der Waals surface area (Å²) >= 11 is 0.800. The van der Waals surface area contributed by atoms with Crippen LogP contribution in [0.2, 0.25) is 0 Å². The summed E-state index contributed by atoms with van der Waals surface area (Å²) in [6.07, 6.45) is 0. The number of rotatable bonds is 5. The van der Waals surface area contributed by atoms with Crippen molar-refractivity contribution in [3.63, 3.8) is 0 Å². The van der Waals surface area contributed by atoms with Gasteiger partial charge in [0.2, 0.25) is 0 Å². The first-order chi connectivity index (χ1) is 12.3. The zero-order chi connectivity index (χ0) is 19.4. The number of ether oxygens (including phenoxy) is 1. The van der Waals surface area contributed by atoms with Crippen LogP contribution in [0.4, 0.5) is 13.8 Å². The Morgan fingerprint density at radius 2 is 1.73 bits per heavy atom. The fourth-order valence-corrected chi connectivity index (χ4v) is 3.36. The molecule has 0 radical (unpaired) electrons. The Bertz CT molecular complexity index is 860. The molecule has 0 aliphatic heterocycles. The average molecular weight is 382 g/mol. The Labute approximate surface area is 152 Å². The van der Waals surface area contributed by atoms with Crippen molar-refractivity contribution in [2.24, 2.45) is 0 Å². The molecule has 2 aromatic rings. The minimum absolute atomic E-state index is 0.00226. The molecule has 1 heterocycles. The van der Waals surface area contributed by atoms with Crippen LogP contribution in [0.5, 0.6) is 0 Å². The molecule has 0 atom stereocenters. The maximum Gasteiger partial charge on any atom is 0.348 e. The molecular formula is C17H16F2N2O4S. The predicted octanol–water partition coefficient (Wildman–Crippen LogP) is 3.12. The Balaban J connectivity index is 2.48. The van der Waals surface area contributed by atoms with E-state index in [0.29, 0.717) is 5.56 Å². The quantitative estimate of drug-likeness (QED) is 0.778. The number of hydrogen-bond acceptors (Lipinski definition) is 5. The normalized spacial score (nSPS) is 10.3. The lowest BCUT2D eigenvalue weighted by Crippen LogP contribution is -2.22. The first-order valence-electron chi connectivity index (χ1n) is 7.59. The summed E-state index contributed by atoms with van der Waals surface area (Å²) in [4.78, 5) is 36.6. The molecule has 1 aromatic heterocycles. The second-order valence-corrected chi connectivity index (χ2v) is 6.13. The number of esters is 1. The molecule has 0 saturated carbocycles. The van der Waals surface area contributed by atoms with Crippen LogP contribution in [-0.2, 0) is 4.74 Å². The van der Waals surface area contributed by atoms with Crippen LogP contribution in [0.1, 0.15) is 42.9 Å². The van der Waals surface area contributed by atoms with Crippen molar-refractivity contribution in [3.05, 3.63) is 51.4 Å². The fourth-order valence-electron chi connectivity index (χ4n) is 2.27. The Hall–Kier alpha value is -2.81. The minimum atomic E-state index is -1.07. The van der Waals surface area contributed by atoms with Gasteiger partial charge in [-0.1, -0.05) is 6.07 Å². The van der Waals surface area contributed by atoms with E-state index in [0.717, 1.165) is 29.5 Å². The van der Waals surface area contributed by atoms with Crippen LogP contribution in [0.3, 0.4) is 0 Å². The number of anilines is 1. The molecule has 0 bridgehead atoms. The zero-order valence-electron chi connectivity index (χ0n) is 14.2. The van der Waals surface area contributed by atoms with Gasteiger partial charge in [0.25, 0.3) is 11.8 Å². The van der Waals surface area contributed by atoms with Crippen LogP contribution >= 0.6 is 11.3 Å². The van der Waals surface area contributed by atoms with Gasteiger partial charge in [0.05, 0.1) is 12.2 Å². The van der Waals surface area contributed by atoms with Gasteiger partial charge >= 0.3 is 5.97 Å². The van der Waals surface area contributed by atoms with Gasteiger partial charge in [-0.15, -0.1) is 11.3 Å². The lowest BCUT2D eigenvalue weighted by molar-refractivity contribution is 0.0531. The van der Waals surface area contributed by atoms with Crippen LogP contribution in [0.15, 0.2) is 18.2 Å². The SMILES string of the molecule is CCOC(=O)c1sc(NC(=O)c2c(F)cccc2F)c(C(=O)NC)c1C. The van der Waals surface area contributed by atoms with E-state index in [2.05, 4.69) is 10.6 Å². The van der Waals surface area contributed by atoms with Crippen molar-refractivity contribution < 1.29 is 27.9 Å². The summed E-state index contributed by atoms with van der Waals surface area (Å²) in [5.41, 5.74) is -0.443. The number of thiophene rings is 1. The highest BCUT2D eigenvalue weighted by Crippen LogP contribution is 2.34. The molecule has 1 aromatic carbocycles. The van der Waals surface area contributed by atoms with Gasteiger partial charge in [-0.3, -0.25) is 9.59 Å². The number of nitrogens with one attached hydrogen (secondary N) is 2. The van der Waals surface area contributed by atoms with E-state index in [4.69, 9.17) is 4.74 Å². The molecule has 2 rings (SSSR count). The van der Waals surface area contributed by atoms with E-state index >= 15 is 0 Å². The van der Waals surface area contributed by atoms with Gasteiger partial charge in [-0.2, -0.15) is 0 Å². The highest BCUT2D eigenvalue weighted by atomic mass is 32.1. The monoisotopic (exact) mass is 382 g/mol. The van der Waals surface area contributed by atoms with Crippen molar-refractivity contribution >= 4 is 34.1 Å². The van der Waals surface area contributed by atoms with E-state index in [9.17, 15) is 23.2 Å². The number of amides is 2. The van der Waals surface area contributed by atoms with Gasteiger partial charge < -0.3 is 15.4 Å². The third kappa shape index (κ3) is 3.72. The highest BCUT2D eigenvalue weighted by Gasteiger charge is 2.27. The molecule has 0 fully saturated rings. The molecule has 138 valence electrons. The summed E-state index contributed by atoms with van der Waals surface area (Å²) < 4.78 is 32.5. The first-order valence-corrected chi connectivity index (χ1v) is 8.41. The van der Waals surface area contributed by atoms with Gasteiger partial charge in [0.15, 0.2) is 0 Å². The van der Waals surface area contributed by atoms with Gasteiger partial charge in [0, 0.05) is 7.05 Å². The molecule has 26 heavy (non-hydrogen) atoms. The van der Waals surface area contributed by atoms with Crippen molar-refractivity contribution in [2.75, 3.05) is 19.0 Å². The van der Waals surface area contributed by atoms with Crippen LogP contribution in [-0.4, -0.2) is 31.4 Å². The lowest BCUT2D eigenvalue weighted by Gasteiger charge is -2.08. The first kappa shape index (κ1) is 19.5. The molecule has 0 aliphatic carbocycles. The standard InChI is InChI=1S/C17H16F2N2O4S/c1-4-25-17(24)13-8(2)11(14(22)20-3)16(26-13)21-15(23)12-9(18)6-5-7-10(12)19/h5-7H,4H2,1-3H3,(H,20,22)(H,21,23). The van der Waals surface area contributed by atoms with Crippen LogP contribution < -0.4 is 10.6 Å². The topological polar surface area (TPSA) is 84.5 Å². The van der Waals surface area contributed by atoms with Gasteiger partial charge in [-0.25, -0.2) is 13.6 Å². The third-order valence-corrected chi connectivity index (χ3v) is 4.67. The molecule has 0 unspecified atom stereocenters. The molecule has 0 saturated heterocycles. The third-order valence-electron chi connectivity index (χ3n) is 3.48. The van der Waals surface area contributed by atoms with E-state index in [1.54, 1.807) is 6.92 Å². The van der Waals surface area contributed by atoms with Crippen molar-refractivity contribution in [1.29, 1.82) is 0 Å². The van der Waals surface area contributed by atoms with Gasteiger partial charge in [0.1, 0.15) is 27.1 Å². The van der Waals surface area contributed by atoms with E-state index in [1.807, 2.05) is 0 Å². The van der Waals surface area contributed by atoms with E-state index in [1.165, 1.54) is 14.0 Å². The molecule has 9 heteroatoms. The summed E-state index contributed by atoms with van der Waals surface area (Å²) in [5, 5.41) is 4.71. The number of carbonyl (C=O) groups excluding carboxylic acids is 3. The molecule has 0 spiro atoms. The second kappa shape index (κ2) is 8.05. The predicted molar refractivity (Wildman–Crippen MR) is 92.7 cm³/mol. The Morgan fingerprint density at radius 1 is 1.12 bits per heavy atom. The van der Waals surface area contributed by atoms with Crippen LogP contribution in [0, 0.1) is 18.6 Å². The lowest BCUT2D eigenvalue weighted by atomic mass is 10.1. The smallest absolute Gasteiger partial charge is 0.348 e. The maximum absolute atomic E-state index is 13.8. The summed E-state index contributed by atoms with van der Waals surface area (Å²) in [6, 6.07) is 3.02. The Morgan fingerprint density at radius 3 is 2.27 bits per heavy atom. The number of hydrogen-bond donors (Lipinski definition) is 2. The minimum Gasteiger partial charge on any atom is -0.462 e. The molecule has 0 aliphatic rings. The van der Waals surface area contributed by atoms with Crippen molar-refractivity contribution in [2.45, 2.75) is 13.8 Å². The van der Waals surface area contributed by atoms with Crippen molar-refractivity contribution in [1.82, 2.24) is 5.32 Å². The second-order valence-electron chi connectivity index (χ2n) is 5.11. The molecule has 2 amide bonds. The molecule has 2 N–H and O–H groups in total. The zero-order valence-corrected chi connectivity index (χ0v) is 15.1. The summed E-state index contributed by atoms with van der Waals surface area (Å²) in [6.45, 7) is 3.28. The van der Waals surface area contributed by atoms with E-state index < -0.39 is 35.0 Å². The highest BCUT2D eigenvalue weighted by molar-refractivity contribution is 7.18.